The summed E-state index contributed by atoms with van der Waals surface area (Å²) < 4.78 is 34.7. The molecular weight excluding hydrogens is 502 g/mol. The lowest BCUT2D eigenvalue weighted by atomic mass is 10.1. The number of halogens is 2. The van der Waals surface area contributed by atoms with Gasteiger partial charge in [-0.15, -0.1) is 22.7 Å². The molecule has 0 saturated heterocycles. The molecule has 186 valence electrons. The molecule has 0 amide bonds. The quantitative estimate of drug-likeness (QED) is 0.202. The minimum atomic E-state index is -0.313. The van der Waals surface area contributed by atoms with Crippen LogP contribution < -0.4 is 0 Å². The van der Waals surface area contributed by atoms with Crippen LogP contribution >= 0.6 is 22.7 Å². The lowest BCUT2D eigenvalue weighted by Gasteiger charge is -2.04. The van der Waals surface area contributed by atoms with Gasteiger partial charge in [-0.1, -0.05) is 42.8 Å². The van der Waals surface area contributed by atoms with Gasteiger partial charge in [-0.3, -0.25) is 0 Å². The third kappa shape index (κ3) is 4.77. The van der Waals surface area contributed by atoms with E-state index in [1.165, 1.54) is 6.07 Å². The first-order chi connectivity index (χ1) is 17.8. The number of aryl methyl sites for hydroxylation is 1. The molecule has 0 aliphatic carbocycles. The SMILES string of the molecule is CCCn1c2cc(-c3ccc(C=C(C)C)cc3F)sc2c2sc(-c3ccc(/C=C(/C)C#N)cc3F)cc21. The minimum absolute atomic E-state index is 0.230. The monoisotopic (exact) mass is 528 g/mol. The van der Waals surface area contributed by atoms with Crippen LogP contribution in [0.15, 0.2) is 59.7 Å². The highest BCUT2D eigenvalue weighted by atomic mass is 32.1. The smallest absolute Gasteiger partial charge is 0.132 e. The molecule has 5 rings (SSSR count). The number of rotatable bonds is 6. The number of benzene rings is 2. The molecule has 0 atom stereocenters. The van der Waals surface area contributed by atoms with Gasteiger partial charge in [-0.25, -0.2) is 8.78 Å². The van der Waals surface area contributed by atoms with Crippen LogP contribution in [0.3, 0.4) is 0 Å². The fraction of sp³-hybridized carbons (Fsp3) is 0.194. The van der Waals surface area contributed by atoms with E-state index in [2.05, 4.69) is 29.7 Å². The molecule has 0 aliphatic heterocycles. The van der Waals surface area contributed by atoms with Crippen LogP contribution in [0.5, 0.6) is 0 Å². The topological polar surface area (TPSA) is 28.7 Å². The van der Waals surface area contributed by atoms with Gasteiger partial charge in [-0.05, 0) is 68.7 Å². The minimum Gasteiger partial charge on any atom is -0.339 e. The molecule has 0 N–H and O–H groups in total. The van der Waals surface area contributed by atoms with Crippen LogP contribution in [-0.2, 0) is 6.54 Å². The Bertz CT molecular complexity index is 1750. The second-order valence-electron chi connectivity index (χ2n) is 9.44. The van der Waals surface area contributed by atoms with Gasteiger partial charge < -0.3 is 4.57 Å². The fourth-order valence-electron chi connectivity index (χ4n) is 4.61. The Morgan fingerprint density at radius 3 is 1.78 bits per heavy atom. The Morgan fingerprint density at radius 2 is 1.35 bits per heavy atom. The predicted octanol–water partition coefficient (Wildman–Crippen LogP) is 10.3. The van der Waals surface area contributed by atoms with Crippen LogP contribution in [0, 0.1) is 23.0 Å². The van der Waals surface area contributed by atoms with Gasteiger partial charge >= 0.3 is 0 Å². The van der Waals surface area contributed by atoms with E-state index in [1.54, 1.807) is 47.8 Å². The molecule has 5 aromatic rings. The van der Waals surface area contributed by atoms with Crippen molar-refractivity contribution in [2.24, 2.45) is 0 Å². The number of aromatic nitrogens is 1. The van der Waals surface area contributed by atoms with E-state index in [-0.39, 0.29) is 11.6 Å². The van der Waals surface area contributed by atoms with Gasteiger partial charge in [0, 0.05) is 33.0 Å². The average molecular weight is 529 g/mol. The van der Waals surface area contributed by atoms with Crippen molar-refractivity contribution in [3.63, 3.8) is 0 Å². The van der Waals surface area contributed by atoms with E-state index < -0.39 is 0 Å². The van der Waals surface area contributed by atoms with E-state index in [4.69, 9.17) is 5.26 Å². The highest BCUT2D eigenvalue weighted by Crippen LogP contribution is 2.46. The zero-order valence-electron chi connectivity index (χ0n) is 21.2. The van der Waals surface area contributed by atoms with Crippen LogP contribution in [0.2, 0.25) is 0 Å². The maximum Gasteiger partial charge on any atom is 0.132 e. The summed E-state index contributed by atoms with van der Waals surface area (Å²) in [5.74, 6) is -0.543. The molecule has 0 unspecified atom stereocenters. The van der Waals surface area contributed by atoms with Gasteiger partial charge in [0.2, 0.25) is 0 Å². The second-order valence-corrected chi connectivity index (χ2v) is 11.5. The lowest BCUT2D eigenvalue weighted by molar-refractivity contribution is 0.631. The first-order valence-electron chi connectivity index (χ1n) is 12.2. The Hall–Kier alpha value is -3.53. The number of hydrogen-bond acceptors (Lipinski definition) is 3. The van der Waals surface area contributed by atoms with Crippen molar-refractivity contribution in [3.8, 4) is 27.0 Å². The first-order valence-corrected chi connectivity index (χ1v) is 13.8. The fourth-order valence-corrected chi connectivity index (χ4v) is 7.13. The van der Waals surface area contributed by atoms with E-state index in [1.807, 2.05) is 38.1 Å². The summed E-state index contributed by atoms with van der Waals surface area (Å²) in [6, 6.07) is 16.7. The maximum absolute atomic E-state index is 15.1. The van der Waals surface area contributed by atoms with E-state index in [0.717, 1.165) is 54.3 Å². The number of nitriles is 1. The summed E-state index contributed by atoms with van der Waals surface area (Å²) in [7, 11) is 0. The number of thiophene rings is 2. The van der Waals surface area contributed by atoms with Crippen LogP contribution in [0.25, 0.3) is 53.5 Å². The molecule has 3 aromatic heterocycles. The first kappa shape index (κ1) is 25.1. The highest BCUT2D eigenvalue weighted by molar-refractivity contribution is 7.30. The van der Waals surface area contributed by atoms with Crippen molar-refractivity contribution in [1.29, 1.82) is 5.26 Å². The lowest BCUT2D eigenvalue weighted by Crippen LogP contribution is -1.94. The maximum atomic E-state index is 15.1. The molecule has 0 aliphatic rings. The molecule has 6 heteroatoms. The summed E-state index contributed by atoms with van der Waals surface area (Å²) >= 11 is 3.15. The zero-order chi connectivity index (χ0) is 26.3. The third-order valence-corrected chi connectivity index (χ3v) is 8.67. The number of nitrogens with zero attached hydrogens (tertiary/aromatic N) is 2. The van der Waals surface area contributed by atoms with Crippen molar-refractivity contribution < 1.29 is 8.78 Å². The molecule has 2 nitrogen and oxygen atoms in total. The molecule has 0 bridgehead atoms. The molecule has 0 saturated carbocycles. The Kier molecular flexibility index (Phi) is 6.85. The van der Waals surface area contributed by atoms with Crippen molar-refractivity contribution in [2.45, 2.75) is 40.7 Å². The largest absolute Gasteiger partial charge is 0.339 e. The van der Waals surface area contributed by atoms with Crippen molar-refractivity contribution in [1.82, 2.24) is 4.57 Å². The normalized spacial score (nSPS) is 11.9. The summed E-state index contributed by atoms with van der Waals surface area (Å²) in [6.45, 7) is 8.66. The highest BCUT2D eigenvalue weighted by Gasteiger charge is 2.20. The number of allylic oxidation sites excluding steroid dienone is 2. The van der Waals surface area contributed by atoms with Gasteiger partial charge in [0.05, 0.1) is 26.5 Å². The molecule has 0 fully saturated rings. The molecule has 2 aromatic carbocycles. The number of fused-ring (bicyclic) bond motifs is 3. The molecule has 3 heterocycles. The van der Waals surface area contributed by atoms with Crippen molar-refractivity contribution >= 4 is 55.3 Å². The Labute approximate surface area is 223 Å². The molecule has 37 heavy (non-hydrogen) atoms. The van der Waals surface area contributed by atoms with E-state index >= 15 is 8.78 Å². The van der Waals surface area contributed by atoms with Gasteiger partial charge in [-0.2, -0.15) is 5.26 Å². The Balaban J connectivity index is 1.61. The zero-order valence-corrected chi connectivity index (χ0v) is 22.8. The summed E-state index contributed by atoms with van der Waals surface area (Å²) in [6.07, 6.45) is 4.60. The molecule has 0 spiro atoms. The standard InChI is InChI=1S/C31H26F2N2S2/c1-5-10-35-26-15-28(22-8-6-20(11-18(2)3)13-24(22)32)36-30(26)31-27(35)16-29(37-31)23-9-7-21(14-25(23)33)12-19(4)17-34/h6-9,11-16H,5,10H2,1-4H3/b19-12-. The summed E-state index contributed by atoms with van der Waals surface area (Å²) in [5.41, 5.74) is 6.49. The number of hydrogen-bond donors (Lipinski definition) is 0. The van der Waals surface area contributed by atoms with Crippen LogP contribution in [0.1, 0.15) is 45.2 Å². The Morgan fingerprint density at radius 1 is 0.838 bits per heavy atom. The van der Waals surface area contributed by atoms with E-state index in [0.29, 0.717) is 22.3 Å². The summed E-state index contributed by atoms with van der Waals surface area (Å²) in [5, 5.41) is 9.01. The summed E-state index contributed by atoms with van der Waals surface area (Å²) in [4.78, 5) is 1.75. The van der Waals surface area contributed by atoms with Gasteiger partial charge in [0.15, 0.2) is 0 Å². The van der Waals surface area contributed by atoms with Gasteiger partial charge in [0.25, 0.3) is 0 Å². The van der Waals surface area contributed by atoms with E-state index in [9.17, 15) is 0 Å². The van der Waals surface area contributed by atoms with Crippen molar-refractivity contribution in [3.05, 3.63) is 82.4 Å². The van der Waals surface area contributed by atoms with Crippen molar-refractivity contribution in [2.75, 3.05) is 0 Å². The third-order valence-electron chi connectivity index (χ3n) is 6.19. The van der Waals surface area contributed by atoms with Gasteiger partial charge in [0.1, 0.15) is 11.6 Å². The predicted molar refractivity (Wildman–Crippen MR) is 155 cm³/mol. The molecule has 0 radical (unpaired) electrons. The van der Waals surface area contributed by atoms with Crippen LogP contribution in [0.4, 0.5) is 8.78 Å². The van der Waals surface area contributed by atoms with Crippen LogP contribution in [-0.4, -0.2) is 4.57 Å². The molecular formula is C31H26F2N2S2. The second kappa shape index (κ2) is 10.1. The average Bonchev–Trinajstić information content (AvgIpc) is 3.52.